The molecule has 0 spiro atoms. The molecule has 0 amide bonds. The van der Waals surface area contributed by atoms with Crippen LogP contribution in [0.15, 0.2) is 71.0 Å². The Labute approximate surface area is 138 Å². The van der Waals surface area contributed by atoms with Crippen molar-refractivity contribution in [3.05, 3.63) is 77.2 Å². The van der Waals surface area contributed by atoms with Crippen molar-refractivity contribution in [1.82, 2.24) is 0 Å². The third-order valence-electron chi connectivity index (χ3n) is 3.67. The van der Waals surface area contributed by atoms with Gasteiger partial charge in [-0.3, -0.25) is 0 Å². The van der Waals surface area contributed by atoms with E-state index in [9.17, 15) is 0 Å². The van der Waals surface area contributed by atoms with Crippen LogP contribution in [0.2, 0.25) is 0 Å². The fraction of sp³-hybridized carbons (Fsp3) is 0.0556. The molecule has 1 N–H and O–H groups in total. The zero-order chi connectivity index (χ0) is 14.9. The Bertz CT molecular complexity index is 825. The van der Waals surface area contributed by atoms with Crippen LogP contribution in [0.25, 0.3) is 11.1 Å². The minimum atomic E-state index is -0.368. The zero-order valence-electron chi connectivity index (χ0n) is 11.7. The summed E-state index contributed by atoms with van der Waals surface area (Å²) in [5.74, 6) is 0.828. The molecule has 0 saturated heterocycles. The molecule has 0 saturated carbocycles. The first-order valence-corrected chi connectivity index (χ1v) is 8.35. The molecule has 3 aromatic rings. The van der Waals surface area contributed by atoms with Crippen molar-refractivity contribution in [2.24, 2.45) is 4.99 Å². The molecule has 0 bridgehead atoms. The number of benzene rings is 2. The normalized spacial score (nSPS) is 16.6. The van der Waals surface area contributed by atoms with Gasteiger partial charge in [0.2, 0.25) is 0 Å². The fourth-order valence-electron chi connectivity index (χ4n) is 2.60. The van der Waals surface area contributed by atoms with Crippen LogP contribution in [0.4, 0.5) is 5.00 Å². The number of hydrogen-bond donors (Lipinski definition) is 1. The highest BCUT2D eigenvalue weighted by Crippen LogP contribution is 2.44. The maximum atomic E-state index is 6.57. The average Bonchev–Trinajstić information content (AvgIpc) is 3.01. The van der Waals surface area contributed by atoms with Crippen molar-refractivity contribution in [2.75, 3.05) is 5.32 Å². The Hall–Kier alpha value is -2.10. The molecule has 2 heterocycles. The lowest BCUT2D eigenvalue weighted by Crippen LogP contribution is -2.18. The second-order valence-corrected chi connectivity index (χ2v) is 6.36. The van der Waals surface area contributed by atoms with Gasteiger partial charge >= 0.3 is 0 Å². The van der Waals surface area contributed by atoms with Gasteiger partial charge in [-0.15, -0.1) is 11.3 Å². The highest BCUT2D eigenvalue weighted by molar-refractivity contribution is 7.15. The number of hydrogen-bond acceptors (Lipinski definition) is 3. The summed E-state index contributed by atoms with van der Waals surface area (Å²) in [7, 11) is 0. The van der Waals surface area contributed by atoms with Crippen molar-refractivity contribution in [3.8, 4) is 11.1 Å². The Balaban J connectivity index is 1.75. The van der Waals surface area contributed by atoms with Gasteiger partial charge in [-0.05, 0) is 5.56 Å². The molecule has 22 heavy (non-hydrogen) atoms. The van der Waals surface area contributed by atoms with Crippen LogP contribution in [0.3, 0.4) is 0 Å². The number of alkyl halides is 1. The number of rotatable bonds is 2. The minimum Gasteiger partial charge on any atom is -0.331 e. The third-order valence-corrected chi connectivity index (χ3v) is 4.90. The van der Waals surface area contributed by atoms with E-state index in [1.807, 2.05) is 48.5 Å². The fourth-order valence-corrected chi connectivity index (χ4v) is 3.99. The molecule has 2 nitrogen and oxygen atoms in total. The number of halogens is 1. The lowest BCUT2D eigenvalue weighted by molar-refractivity contribution is 1.01. The van der Waals surface area contributed by atoms with E-state index in [4.69, 9.17) is 11.6 Å². The molecule has 4 rings (SSSR count). The number of aliphatic imine (C=N–C) groups is 1. The molecule has 4 heteroatoms. The van der Waals surface area contributed by atoms with Gasteiger partial charge in [0.25, 0.3) is 0 Å². The molecule has 1 aromatic heterocycles. The molecule has 0 radical (unpaired) electrons. The molecular weight excluding hydrogens is 312 g/mol. The average molecular weight is 325 g/mol. The van der Waals surface area contributed by atoms with E-state index in [2.05, 4.69) is 27.8 Å². The number of nitrogens with one attached hydrogen (secondary N) is 1. The van der Waals surface area contributed by atoms with Gasteiger partial charge in [-0.2, -0.15) is 0 Å². The zero-order valence-corrected chi connectivity index (χ0v) is 13.2. The first-order valence-electron chi connectivity index (χ1n) is 7.04. The Morgan fingerprint density at radius 3 is 2.23 bits per heavy atom. The molecule has 1 atom stereocenters. The van der Waals surface area contributed by atoms with Crippen molar-refractivity contribution < 1.29 is 0 Å². The summed E-state index contributed by atoms with van der Waals surface area (Å²) in [4.78, 5) is 4.63. The molecule has 1 aliphatic heterocycles. The second-order valence-electron chi connectivity index (χ2n) is 5.06. The van der Waals surface area contributed by atoms with Gasteiger partial charge in [-0.25, -0.2) is 4.99 Å². The van der Waals surface area contributed by atoms with Crippen LogP contribution in [-0.4, -0.2) is 5.84 Å². The summed E-state index contributed by atoms with van der Waals surface area (Å²) in [5.41, 5.74) is 4.08. The van der Waals surface area contributed by atoms with Crippen molar-refractivity contribution in [2.45, 2.75) is 5.50 Å². The predicted octanol–water partition coefficient (Wildman–Crippen LogP) is 5.52. The molecule has 2 aromatic carbocycles. The van der Waals surface area contributed by atoms with Crippen molar-refractivity contribution >= 4 is 33.8 Å². The smallest absolute Gasteiger partial charge is 0.154 e. The highest BCUT2D eigenvalue weighted by Gasteiger charge is 2.25. The van der Waals surface area contributed by atoms with E-state index in [1.165, 1.54) is 5.56 Å². The molecule has 0 aliphatic carbocycles. The maximum Gasteiger partial charge on any atom is 0.154 e. The monoisotopic (exact) mass is 324 g/mol. The van der Waals surface area contributed by atoms with E-state index < -0.39 is 0 Å². The minimum absolute atomic E-state index is 0.368. The number of amidine groups is 1. The van der Waals surface area contributed by atoms with Gasteiger partial charge in [0.1, 0.15) is 10.8 Å². The summed E-state index contributed by atoms with van der Waals surface area (Å²) in [5, 5.41) is 6.64. The largest absolute Gasteiger partial charge is 0.331 e. The molecular formula is C18H13ClN2S. The predicted molar refractivity (Wildman–Crippen MR) is 95.0 cm³/mol. The van der Waals surface area contributed by atoms with Crippen molar-refractivity contribution in [3.63, 3.8) is 0 Å². The van der Waals surface area contributed by atoms with Gasteiger partial charge in [-0.1, -0.05) is 72.3 Å². The summed E-state index contributed by atoms with van der Waals surface area (Å²) >= 11 is 8.24. The SMILES string of the molecule is ClC1N=C(c2ccccc2)Nc2scc(-c3ccccc3)c21. The Morgan fingerprint density at radius 1 is 0.909 bits per heavy atom. The van der Waals surface area contributed by atoms with E-state index in [0.717, 1.165) is 27.5 Å². The van der Waals surface area contributed by atoms with Crippen LogP contribution in [-0.2, 0) is 0 Å². The van der Waals surface area contributed by atoms with E-state index >= 15 is 0 Å². The highest BCUT2D eigenvalue weighted by atomic mass is 35.5. The van der Waals surface area contributed by atoms with Crippen LogP contribution >= 0.6 is 22.9 Å². The van der Waals surface area contributed by atoms with Crippen LogP contribution in [0.1, 0.15) is 16.6 Å². The van der Waals surface area contributed by atoms with Gasteiger partial charge in [0, 0.05) is 22.1 Å². The molecule has 108 valence electrons. The standard InChI is InChI=1S/C18H13ClN2S/c19-16-15-14(12-7-3-1-4-8-12)11-22-18(15)21-17(20-16)13-9-5-2-6-10-13/h1-11,16H,(H,20,21). The van der Waals surface area contributed by atoms with Crippen LogP contribution < -0.4 is 5.32 Å². The Kier molecular flexibility index (Phi) is 3.45. The number of fused-ring (bicyclic) bond motifs is 1. The second kappa shape index (κ2) is 5.59. The summed E-state index contributed by atoms with van der Waals surface area (Å²) in [6.07, 6.45) is 0. The maximum absolute atomic E-state index is 6.57. The van der Waals surface area contributed by atoms with E-state index in [1.54, 1.807) is 11.3 Å². The van der Waals surface area contributed by atoms with Gasteiger partial charge < -0.3 is 5.32 Å². The Morgan fingerprint density at radius 2 is 1.55 bits per heavy atom. The van der Waals surface area contributed by atoms with Gasteiger partial charge in [0.15, 0.2) is 5.50 Å². The van der Waals surface area contributed by atoms with E-state index in [0.29, 0.717) is 0 Å². The van der Waals surface area contributed by atoms with Crippen LogP contribution in [0, 0.1) is 0 Å². The quantitative estimate of drug-likeness (QED) is 0.487. The number of thiophene rings is 1. The number of anilines is 1. The van der Waals surface area contributed by atoms with Crippen LogP contribution in [0.5, 0.6) is 0 Å². The summed E-state index contributed by atoms with van der Waals surface area (Å²) in [6, 6.07) is 20.4. The first kappa shape index (κ1) is 13.6. The van der Waals surface area contributed by atoms with Gasteiger partial charge in [0.05, 0.1) is 0 Å². The third kappa shape index (κ3) is 2.32. The molecule has 1 unspecified atom stereocenters. The molecule has 0 fully saturated rings. The lowest BCUT2D eigenvalue weighted by atomic mass is 10.0. The summed E-state index contributed by atoms with van der Waals surface area (Å²) in [6.45, 7) is 0. The number of nitrogens with zero attached hydrogens (tertiary/aromatic N) is 1. The summed E-state index contributed by atoms with van der Waals surface area (Å²) < 4.78 is 0. The van der Waals surface area contributed by atoms with E-state index in [-0.39, 0.29) is 5.50 Å². The van der Waals surface area contributed by atoms with Crippen molar-refractivity contribution in [1.29, 1.82) is 0 Å². The first-order chi connectivity index (χ1) is 10.8. The topological polar surface area (TPSA) is 24.4 Å². The lowest BCUT2D eigenvalue weighted by Gasteiger charge is -2.20. The molecule has 1 aliphatic rings.